The lowest BCUT2D eigenvalue weighted by molar-refractivity contribution is -0.128. The van der Waals surface area contributed by atoms with E-state index in [-0.39, 0.29) is 17.1 Å². The molecule has 3 aliphatic rings. The van der Waals surface area contributed by atoms with Gasteiger partial charge in [0.2, 0.25) is 5.91 Å². The number of piperidine rings is 1. The monoisotopic (exact) mass is 253 g/mol. The van der Waals surface area contributed by atoms with Gasteiger partial charge in [-0.2, -0.15) is 0 Å². The summed E-state index contributed by atoms with van der Waals surface area (Å²) in [4.78, 5) is 26.1. The Morgan fingerprint density at radius 1 is 1.42 bits per heavy atom. The molecule has 1 amide bonds. The normalized spacial score (nSPS) is 30.4. The maximum absolute atomic E-state index is 12.2. The maximum Gasteiger partial charge on any atom is 0.226 e. The van der Waals surface area contributed by atoms with Gasteiger partial charge in [0.05, 0.1) is 0 Å². The standard InChI is InChI=1S/C16H15NO2/c1-2-15(19)17-9-10-8-16(10)12-6-4-3-5-11(12)13(18)7-14(16)17/h3-7,10H,2,8-9H2,1H3. The van der Waals surface area contributed by atoms with Crippen LogP contribution in [0.5, 0.6) is 0 Å². The molecule has 2 atom stereocenters. The summed E-state index contributed by atoms with van der Waals surface area (Å²) in [6.45, 7) is 2.65. The van der Waals surface area contributed by atoms with Crippen LogP contribution < -0.4 is 0 Å². The zero-order valence-electron chi connectivity index (χ0n) is 10.8. The van der Waals surface area contributed by atoms with Crippen molar-refractivity contribution in [2.24, 2.45) is 5.92 Å². The predicted molar refractivity (Wildman–Crippen MR) is 70.6 cm³/mol. The van der Waals surface area contributed by atoms with Gasteiger partial charge in [0.1, 0.15) is 0 Å². The summed E-state index contributed by atoms with van der Waals surface area (Å²) in [5.41, 5.74) is 2.87. The first-order valence-electron chi connectivity index (χ1n) is 6.85. The minimum Gasteiger partial charge on any atom is -0.315 e. The Morgan fingerprint density at radius 2 is 2.21 bits per heavy atom. The number of rotatable bonds is 1. The average molecular weight is 253 g/mol. The highest BCUT2D eigenvalue weighted by Gasteiger charge is 2.66. The van der Waals surface area contributed by atoms with Crippen LogP contribution in [0.2, 0.25) is 0 Å². The van der Waals surface area contributed by atoms with Gasteiger partial charge in [0, 0.05) is 35.7 Å². The van der Waals surface area contributed by atoms with E-state index < -0.39 is 0 Å². The molecular formula is C16H15NO2. The van der Waals surface area contributed by atoms with Gasteiger partial charge in [-0.15, -0.1) is 0 Å². The first-order valence-corrected chi connectivity index (χ1v) is 6.85. The summed E-state index contributed by atoms with van der Waals surface area (Å²) in [6.07, 6.45) is 3.27. The van der Waals surface area contributed by atoms with Crippen LogP contribution in [-0.2, 0) is 10.2 Å². The predicted octanol–water partition coefficient (Wildman–Crippen LogP) is 2.28. The molecule has 1 aliphatic heterocycles. The lowest BCUT2D eigenvalue weighted by atomic mass is 9.81. The summed E-state index contributed by atoms with van der Waals surface area (Å²) in [6, 6.07) is 7.86. The Bertz CT molecular complexity index is 646. The van der Waals surface area contributed by atoms with Crippen molar-refractivity contribution in [3.05, 3.63) is 47.2 Å². The molecule has 1 saturated heterocycles. The SMILES string of the molecule is CCC(=O)N1CC2CC23C1=CC(=O)c1ccccc13. The van der Waals surface area contributed by atoms with E-state index >= 15 is 0 Å². The third-order valence-corrected chi connectivity index (χ3v) is 4.80. The number of carbonyl (C=O) groups is 2. The zero-order chi connectivity index (χ0) is 13.2. The average Bonchev–Trinajstić information content (AvgIpc) is 3.07. The van der Waals surface area contributed by atoms with E-state index in [0.717, 1.165) is 29.8 Å². The number of ketones is 1. The Hall–Kier alpha value is -1.90. The van der Waals surface area contributed by atoms with Gasteiger partial charge in [-0.05, 0) is 17.9 Å². The van der Waals surface area contributed by atoms with Crippen LogP contribution >= 0.6 is 0 Å². The van der Waals surface area contributed by atoms with Crippen LogP contribution in [0, 0.1) is 5.92 Å². The van der Waals surface area contributed by atoms with Gasteiger partial charge >= 0.3 is 0 Å². The van der Waals surface area contributed by atoms with E-state index in [1.807, 2.05) is 30.0 Å². The van der Waals surface area contributed by atoms with Gasteiger partial charge in [-0.3, -0.25) is 9.59 Å². The Balaban J connectivity index is 1.89. The van der Waals surface area contributed by atoms with Crippen LogP contribution in [0.3, 0.4) is 0 Å². The third kappa shape index (κ3) is 1.18. The highest BCUT2D eigenvalue weighted by atomic mass is 16.2. The summed E-state index contributed by atoms with van der Waals surface area (Å²) >= 11 is 0. The van der Waals surface area contributed by atoms with Crippen molar-refractivity contribution in [1.82, 2.24) is 4.90 Å². The molecule has 3 heteroatoms. The molecule has 1 aromatic carbocycles. The quantitative estimate of drug-likeness (QED) is 0.770. The molecule has 0 bridgehead atoms. The number of allylic oxidation sites excluding steroid dienone is 2. The van der Waals surface area contributed by atoms with Gasteiger partial charge in [0.15, 0.2) is 5.78 Å². The number of carbonyl (C=O) groups excluding carboxylic acids is 2. The Labute approximate surface area is 111 Å². The second-order valence-electron chi connectivity index (χ2n) is 5.67. The smallest absolute Gasteiger partial charge is 0.226 e. The number of benzene rings is 1. The van der Waals surface area contributed by atoms with Crippen molar-refractivity contribution in [1.29, 1.82) is 0 Å². The molecule has 1 aromatic rings. The molecule has 1 saturated carbocycles. The molecule has 2 unspecified atom stereocenters. The molecule has 0 N–H and O–H groups in total. The number of fused-ring (bicyclic) bond motifs is 1. The molecule has 0 radical (unpaired) electrons. The summed E-state index contributed by atoms with van der Waals surface area (Å²) in [7, 11) is 0. The van der Waals surface area contributed by atoms with E-state index in [4.69, 9.17) is 0 Å². The molecule has 1 spiro atoms. The third-order valence-electron chi connectivity index (χ3n) is 4.80. The van der Waals surface area contributed by atoms with Crippen LogP contribution in [0.25, 0.3) is 0 Å². The number of likely N-dealkylation sites (tertiary alicyclic amines) is 1. The van der Waals surface area contributed by atoms with Crippen molar-refractivity contribution in [3.8, 4) is 0 Å². The Morgan fingerprint density at radius 3 is 3.00 bits per heavy atom. The van der Waals surface area contributed by atoms with Gasteiger partial charge in [-0.25, -0.2) is 0 Å². The van der Waals surface area contributed by atoms with Gasteiger partial charge in [0.25, 0.3) is 0 Å². The molecule has 4 rings (SSSR count). The molecule has 2 fully saturated rings. The summed E-state index contributed by atoms with van der Waals surface area (Å²) in [5, 5.41) is 0. The first kappa shape index (κ1) is 11.0. The van der Waals surface area contributed by atoms with E-state index in [2.05, 4.69) is 6.07 Å². The maximum atomic E-state index is 12.2. The van der Waals surface area contributed by atoms with E-state index in [9.17, 15) is 9.59 Å². The molecule has 19 heavy (non-hydrogen) atoms. The highest BCUT2D eigenvalue weighted by molar-refractivity contribution is 6.09. The fourth-order valence-corrected chi connectivity index (χ4v) is 3.81. The minimum atomic E-state index is -0.0324. The molecular weight excluding hydrogens is 238 g/mol. The Kier molecular flexibility index (Phi) is 1.93. The largest absolute Gasteiger partial charge is 0.315 e. The molecule has 3 nitrogen and oxygen atoms in total. The lowest BCUT2D eigenvalue weighted by Crippen LogP contribution is -2.33. The van der Waals surface area contributed by atoms with Crippen molar-refractivity contribution in [2.75, 3.05) is 6.54 Å². The van der Waals surface area contributed by atoms with Crippen LogP contribution in [0.4, 0.5) is 0 Å². The molecule has 1 heterocycles. The van der Waals surface area contributed by atoms with Crippen LogP contribution in [-0.4, -0.2) is 23.1 Å². The fourth-order valence-electron chi connectivity index (χ4n) is 3.81. The highest BCUT2D eigenvalue weighted by Crippen LogP contribution is 2.66. The number of amides is 1. The lowest BCUT2D eigenvalue weighted by Gasteiger charge is -2.29. The van der Waals surface area contributed by atoms with Crippen molar-refractivity contribution < 1.29 is 9.59 Å². The van der Waals surface area contributed by atoms with Gasteiger partial charge in [-0.1, -0.05) is 31.2 Å². The number of hydrogen-bond donors (Lipinski definition) is 0. The fraction of sp³-hybridized carbons (Fsp3) is 0.375. The van der Waals surface area contributed by atoms with Crippen molar-refractivity contribution >= 4 is 11.7 Å². The second-order valence-corrected chi connectivity index (χ2v) is 5.67. The topological polar surface area (TPSA) is 37.4 Å². The molecule has 0 aromatic heterocycles. The molecule has 2 aliphatic carbocycles. The summed E-state index contributed by atoms with van der Waals surface area (Å²) in [5.74, 6) is 0.672. The first-order chi connectivity index (χ1) is 9.18. The summed E-state index contributed by atoms with van der Waals surface area (Å²) < 4.78 is 0. The van der Waals surface area contributed by atoms with Crippen LogP contribution in [0.15, 0.2) is 36.0 Å². The number of nitrogens with zero attached hydrogens (tertiary/aromatic N) is 1. The number of hydrogen-bond acceptors (Lipinski definition) is 2. The van der Waals surface area contributed by atoms with E-state index in [1.54, 1.807) is 6.08 Å². The molecule has 96 valence electrons. The van der Waals surface area contributed by atoms with Gasteiger partial charge < -0.3 is 4.90 Å². The van der Waals surface area contributed by atoms with Crippen LogP contribution in [0.1, 0.15) is 35.7 Å². The minimum absolute atomic E-state index is 0.0324. The zero-order valence-corrected chi connectivity index (χ0v) is 10.8. The second kappa shape index (κ2) is 3.35. The van der Waals surface area contributed by atoms with E-state index in [0.29, 0.717) is 12.3 Å². The van der Waals surface area contributed by atoms with Crippen molar-refractivity contribution in [3.63, 3.8) is 0 Å². The van der Waals surface area contributed by atoms with Crippen molar-refractivity contribution in [2.45, 2.75) is 25.2 Å². The van der Waals surface area contributed by atoms with E-state index in [1.165, 1.54) is 0 Å².